The predicted molar refractivity (Wildman–Crippen MR) is 105 cm³/mol. The molecule has 0 spiro atoms. The largest absolute Gasteiger partial charge is 0.497 e. The molecule has 2 heterocycles. The number of aryl methyl sites for hydroxylation is 1. The van der Waals surface area contributed by atoms with Crippen LogP contribution in [0.3, 0.4) is 0 Å². The van der Waals surface area contributed by atoms with Crippen molar-refractivity contribution >= 4 is 16.9 Å². The number of nitrogens with one attached hydrogen (secondary N) is 1. The van der Waals surface area contributed by atoms with Gasteiger partial charge in [-0.05, 0) is 31.2 Å². The number of hydrogen-bond acceptors (Lipinski definition) is 7. The van der Waals surface area contributed by atoms with Gasteiger partial charge in [-0.2, -0.15) is 4.98 Å². The highest BCUT2D eigenvalue weighted by Crippen LogP contribution is 2.31. The van der Waals surface area contributed by atoms with E-state index in [1.807, 2.05) is 31.2 Å². The summed E-state index contributed by atoms with van der Waals surface area (Å²) in [5, 5.41) is 7.60. The van der Waals surface area contributed by atoms with Crippen LogP contribution in [0.2, 0.25) is 0 Å². The van der Waals surface area contributed by atoms with Crippen LogP contribution in [0.1, 0.15) is 21.8 Å². The van der Waals surface area contributed by atoms with E-state index >= 15 is 0 Å². The fourth-order valence-corrected chi connectivity index (χ4v) is 3.07. The van der Waals surface area contributed by atoms with Gasteiger partial charge in [-0.15, -0.1) is 0 Å². The van der Waals surface area contributed by atoms with Gasteiger partial charge >= 0.3 is 11.8 Å². The van der Waals surface area contributed by atoms with Crippen molar-refractivity contribution in [3.05, 3.63) is 59.5 Å². The van der Waals surface area contributed by atoms with Gasteiger partial charge in [0, 0.05) is 23.1 Å². The molecule has 0 saturated carbocycles. The topological polar surface area (TPSA) is 99.6 Å². The maximum absolute atomic E-state index is 12.5. The van der Waals surface area contributed by atoms with Gasteiger partial charge in [-0.1, -0.05) is 23.4 Å². The smallest absolute Gasteiger partial charge is 0.316 e. The molecule has 0 fully saturated rings. The molecule has 0 saturated heterocycles. The summed E-state index contributed by atoms with van der Waals surface area (Å²) in [6, 6.07) is 13.0. The number of para-hydroxylation sites is 1. The van der Waals surface area contributed by atoms with Gasteiger partial charge in [0.2, 0.25) is 5.82 Å². The van der Waals surface area contributed by atoms with E-state index in [4.69, 9.17) is 18.4 Å². The Kier molecular flexibility index (Phi) is 4.90. The highest BCUT2D eigenvalue weighted by Gasteiger charge is 2.21. The SMILES string of the molecule is COc1ccc(OC)c(CNC(=O)c2nc(-c3oc4ccccc4c3C)no2)c1. The minimum Gasteiger partial charge on any atom is -0.497 e. The summed E-state index contributed by atoms with van der Waals surface area (Å²) in [5.41, 5.74) is 2.36. The molecule has 0 aliphatic heterocycles. The first-order valence-corrected chi connectivity index (χ1v) is 8.92. The number of furan rings is 1. The third-order valence-electron chi connectivity index (χ3n) is 4.59. The lowest BCUT2D eigenvalue weighted by molar-refractivity contribution is 0.0906. The standard InChI is InChI=1S/C21H19N3O5/c1-12-15-6-4-5-7-17(15)28-18(12)19-23-21(29-24-19)20(25)22-11-13-10-14(26-2)8-9-16(13)27-3/h4-10H,11H2,1-3H3,(H,22,25). The maximum atomic E-state index is 12.5. The number of hydrogen-bond donors (Lipinski definition) is 1. The lowest BCUT2D eigenvalue weighted by atomic mass is 10.1. The molecule has 0 aliphatic carbocycles. The normalized spacial score (nSPS) is 10.9. The van der Waals surface area contributed by atoms with Crippen LogP contribution < -0.4 is 14.8 Å². The van der Waals surface area contributed by atoms with Crippen molar-refractivity contribution in [1.82, 2.24) is 15.5 Å². The summed E-state index contributed by atoms with van der Waals surface area (Å²) in [5.74, 6) is 1.35. The van der Waals surface area contributed by atoms with Gasteiger partial charge < -0.3 is 23.7 Å². The molecule has 148 valence electrons. The molecule has 4 aromatic rings. The Hall–Kier alpha value is -3.81. The second-order valence-corrected chi connectivity index (χ2v) is 6.34. The number of rotatable bonds is 6. The zero-order valence-corrected chi connectivity index (χ0v) is 16.2. The number of carbonyl (C=O) groups excluding carboxylic acids is 1. The van der Waals surface area contributed by atoms with Crippen molar-refractivity contribution in [3.63, 3.8) is 0 Å². The highest BCUT2D eigenvalue weighted by molar-refractivity contribution is 5.90. The molecule has 8 heteroatoms. The fourth-order valence-electron chi connectivity index (χ4n) is 3.07. The lowest BCUT2D eigenvalue weighted by Gasteiger charge is -2.10. The van der Waals surface area contributed by atoms with E-state index in [9.17, 15) is 4.79 Å². The van der Waals surface area contributed by atoms with Gasteiger partial charge in [0.15, 0.2) is 5.76 Å². The van der Waals surface area contributed by atoms with Crippen LogP contribution in [0, 0.1) is 6.92 Å². The molecule has 1 amide bonds. The molecule has 0 aliphatic rings. The van der Waals surface area contributed by atoms with Crippen LogP contribution >= 0.6 is 0 Å². The molecular formula is C21H19N3O5. The van der Waals surface area contributed by atoms with Gasteiger partial charge in [0.05, 0.1) is 14.2 Å². The van der Waals surface area contributed by atoms with Crippen LogP contribution in [0.4, 0.5) is 0 Å². The molecule has 1 N–H and O–H groups in total. The van der Waals surface area contributed by atoms with Gasteiger partial charge in [0.25, 0.3) is 0 Å². The summed E-state index contributed by atoms with van der Waals surface area (Å²) in [6.07, 6.45) is 0. The van der Waals surface area contributed by atoms with Crippen molar-refractivity contribution in [3.8, 4) is 23.1 Å². The Morgan fingerprint density at radius 2 is 1.97 bits per heavy atom. The highest BCUT2D eigenvalue weighted by atomic mass is 16.5. The molecule has 8 nitrogen and oxygen atoms in total. The molecule has 0 atom stereocenters. The number of benzene rings is 2. The van der Waals surface area contributed by atoms with Crippen molar-refractivity contribution in [2.45, 2.75) is 13.5 Å². The van der Waals surface area contributed by atoms with Crippen LogP contribution in [-0.2, 0) is 6.54 Å². The summed E-state index contributed by atoms with van der Waals surface area (Å²) in [7, 11) is 3.14. The number of aromatic nitrogens is 2. The Labute approximate surface area is 166 Å². The number of nitrogens with zero attached hydrogens (tertiary/aromatic N) is 2. The first kappa shape index (κ1) is 18.5. The maximum Gasteiger partial charge on any atom is 0.316 e. The van der Waals surface area contributed by atoms with Gasteiger partial charge in [-0.3, -0.25) is 4.79 Å². The van der Waals surface area contributed by atoms with E-state index < -0.39 is 5.91 Å². The summed E-state index contributed by atoms with van der Waals surface area (Å²) in [4.78, 5) is 16.6. The third kappa shape index (κ3) is 3.52. The summed E-state index contributed by atoms with van der Waals surface area (Å²) < 4.78 is 21.5. The Bertz CT molecular complexity index is 1180. The second-order valence-electron chi connectivity index (χ2n) is 6.34. The van der Waals surface area contributed by atoms with Crippen molar-refractivity contribution < 1.29 is 23.2 Å². The van der Waals surface area contributed by atoms with Crippen molar-refractivity contribution in [1.29, 1.82) is 0 Å². The molecule has 29 heavy (non-hydrogen) atoms. The Morgan fingerprint density at radius 3 is 2.72 bits per heavy atom. The average molecular weight is 393 g/mol. The van der Waals surface area contributed by atoms with Gasteiger partial charge in [0.1, 0.15) is 17.1 Å². The molecular weight excluding hydrogens is 374 g/mol. The third-order valence-corrected chi connectivity index (χ3v) is 4.59. The van der Waals surface area contributed by atoms with E-state index in [0.717, 1.165) is 22.1 Å². The van der Waals surface area contributed by atoms with Crippen molar-refractivity contribution in [2.24, 2.45) is 0 Å². The fraction of sp³-hybridized carbons (Fsp3) is 0.190. The van der Waals surface area contributed by atoms with Crippen LogP contribution in [0.5, 0.6) is 11.5 Å². The quantitative estimate of drug-likeness (QED) is 0.533. The molecule has 0 unspecified atom stereocenters. The molecule has 2 aromatic heterocycles. The second kappa shape index (κ2) is 7.67. The average Bonchev–Trinajstić information content (AvgIpc) is 3.37. The minimum atomic E-state index is -0.498. The van der Waals surface area contributed by atoms with Crippen molar-refractivity contribution in [2.75, 3.05) is 14.2 Å². The molecule has 0 radical (unpaired) electrons. The molecule has 2 aromatic carbocycles. The zero-order valence-electron chi connectivity index (χ0n) is 16.2. The van der Waals surface area contributed by atoms with Crippen LogP contribution in [0.25, 0.3) is 22.6 Å². The first-order valence-electron chi connectivity index (χ1n) is 8.92. The lowest BCUT2D eigenvalue weighted by Crippen LogP contribution is -2.23. The van der Waals surface area contributed by atoms with E-state index in [1.54, 1.807) is 32.4 Å². The monoisotopic (exact) mass is 393 g/mol. The number of ether oxygens (including phenoxy) is 2. The summed E-state index contributed by atoms with van der Waals surface area (Å²) in [6.45, 7) is 2.12. The van der Waals surface area contributed by atoms with E-state index in [0.29, 0.717) is 17.3 Å². The summed E-state index contributed by atoms with van der Waals surface area (Å²) >= 11 is 0. The number of methoxy groups -OCH3 is 2. The molecule has 0 bridgehead atoms. The number of amides is 1. The first-order chi connectivity index (χ1) is 14.1. The number of fused-ring (bicyclic) bond motifs is 1. The number of carbonyl (C=O) groups is 1. The van der Waals surface area contributed by atoms with Crippen LogP contribution in [-0.4, -0.2) is 30.3 Å². The zero-order chi connectivity index (χ0) is 20.4. The van der Waals surface area contributed by atoms with E-state index in [2.05, 4.69) is 15.5 Å². The molecule has 4 rings (SSSR count). The minimum absolute atomic E-state index is 0.151. The van der Waals surface area contributed by atoms with Crippen LogP contribution in [0.15, 0.2) is 51.4 Å². The van der Waals surface area contributed by atoms with E-state index in [1.165, 1.54) is 0 Å². The van der Waals surface area contributed by atoms with E-state index in [-0.39, 0.29) is 18.3 Å². The predicted octanol–water partition coefficient (Wildman–Crippen LogP) is 3.74. The Morgan fingerprint density at radius 1 is 1.14 bits per heavy atom. The van der Waals surface area contributed by atoms with Gasteiger partial charge in [-0.25, -0.2) is 0 Å². The Balaban J connectivity index is 1.52.